The zero-order valence-corrected chi connectivity index (χ0v) is 12.2. The Bertz CT molecular complexity index is 735. The molecule has 2 heterocycles. The molecule has 1 N–H and O–H groups in total. The lowest BCUT2D eigenvalue weighted by atomic mass is 10.1. The van der Waals surface area contributed by atoms with Gasteiger partial charge in [0.05, 0.1) is 12.6 Å². The molecule has 0 bridgehead atoms. The molecule has 2 aromatic heterocycles. The lowest BCUT2D eigenvalue weighted by Gasteiger charge is -2.10. The van der Waals surface area contributed by atoms with Gasteiger partial charge in [0.15, 0.2) is 0 Å². The molecule has 0 amide bonds. The highest BCUT2D eigenvalue weighted by atomic mass is 32.1. The molecule has 0 spiro atoms. The molecule has 1 aromatic carbocycles. The molecule has 3 aromatic rings. The number of thiazole rings is 1. The SMILES string of the molecule is Cc1csc(-c2ccn(C[C@H](O)c3ccc(F)cc3)n2)n1. The first-order valence-electron chi connectivity index (χ1n) is 6.51. The number of aliphatic hydroxyl groups is 1. The largest absolute Gasteiger partial charge is 0.386 e. The third-order valence-corrected chi connectivity index (χ3v) is 4.08. The first-order chi connectivity index (χ1) is 10.1. The van der Waals surface area contributed by atoms with Crippen molar-refractivity contribution >= 4 is 11.3 Å². The predicted molar refractivity (Wildman–Crippen MR) is 79.4 cm³/mol. The van der Waals surface area contributed by atoms with Gasteiger partial charge in [0.25, 0.3) is 0 Å². The highest BCUT2D eigenvalue weighted by molar-refractivity contribution is 7.13. The van der Waals surface area contributed by atoms with Crippen molar-refractivity contribution in [1.29, 1.82) is 0 Å². The van der Waals surface area contributed by atoms with E-state index in [4.69, 9.17) is 0 Å². The van der Waals surface area contributed by atoms with E-state index in [0.29, 0.717) is 12.1 Å². The van der Waals surface area contributed by atoms with Crippen LogP contribution in [0.5, 0.6) is 0 Å². The van der Waals surface area contributed by atoms with Gasteiger partial charge in [-0.25, -0.2) is 9.37 Å². The zero-order chi connectivity index (χ0) is 14.8. The quantitative estimate of drug-likeness (QED) is 0.805. The molecule has 108 valence electrons. The number of aromatic nitrogens is 3. The average molecular weight is 303 g/mol. The van der Waals surface area contributed by atoms with Crippen molar-refractivity contribution in [3.8, 4) is 10.7 Å². The van der Waals surface area contributed by atoms with E-state index >= 15 is 0 Å². The van der Waals surface area contributed by atoms with Crippen molar-refractivity contribution in [1.82, 2.24) is 14.8 Å². The Labute approximate surface area is 125 Å². The molecule has 6 heteroatoms. The van der Waals surface area contributed by atoms with Crippen molar-refractivity contribution in [3.05, 3.63) is 59.0 Å². The van der Waals surface area contributed by atoms with E-state index < -0.39 is 6.10 Å². The van der Waals surface area contributed by atoms with E-state index in [-0.39, 0.29) is 5.82 Å². The monoisotopic (exact) mass is 303 g/mol. The van der Waals surface area contributed by atoms with Gasteiger partial charge in [-0.2, -0.15) is 5.10 Å². The van der Waals surface area contributed by atoms with Crippen LogP contribution in [-0.4, -0.2) is 19.9 Å². The van der Waals surface area contributed by atoms with Gasteiger partial charge >= 0.3 is 0 Å². The number of benzene rings is 1. The van der Waals surface area contributed by atoms with Crippen molar-refractivity contribution in [3.63, 3.8) is 0 Å². The summed E-state index contributed by atoms with van der Waals surface area (Å²) in [7, 11) is 0. The van der Waals surface area contributed by atoms with Crippen LogP contribution in [-0.2, 0) is 6.54 Å². The molecule has 0 saturated carbocycles. The molecule has 0 unspecified atom stereocenters. The summed E-state index contributed by atoms with van der Waals surface area (Å²) in [5.74, 6) is -0.313. The molecule has 4 nitrogen and oxygen atoms in total. The van der Waals surface area contributed by atoms with Crippen LogP contribution in [0.15, 0.2) is 41.9 Å². The van der Waals surface area contributed by atoms with Crippen LogP contribution < -0.4 is 0 Å². The minimum atomic E-state index is -0.726. The lowest BCUT2D eigenvalue weighted by Crippen LogP contribution is -2.09. The molecule has 0 fully saturated rings. The summed E-state index contributed by atoms with van der Waals surface area (Å²) < 4.78 is 14.5. The Hall–Kier alpha value is -2.05. The highest BCUT2D eigenvalue weighted by Gasteiger charge is 2.11. The fraction of sp³-hybridized carbons (Fsp3) is 0.200. The van der Waals surface area contributed by atoms with Gasteiger partial charge in [-0.1, -0.05) is 12.1 Å². The average Bonchev–Trinajstić information content (AvgIpc) is 3.08. The number of aryl methyl sites for hydroxylation is 1. The van der Waals surface area contributed by atoms with Crippen molar-refractivity contribution in [2.45, 2.75) is 19.6 Å². The van der Waals surface area contributed by atoms with E-state index in [1.54, 1.807) is 34.3 Å². The normalized spacial score (nSPS) is 12.5. The minimum Gasteiger partial charge on any atom is -0.386 e. The van der Waals surface area contributed by atoms with Crippen LogP contribution in [0.1, 0.15) is 17.4 Å². The van der Waals surface area contributed by atoms with Gasteiger partial charge in [-0.15, -0.1) is 11.3 Å². The minimum absolute atomic E-state index is 0.313. The number of aliphatic hydroxyl groups excluding tert-OH is 1. The smallest absolute Gasteiger partial charge is 0.143 e. The number of hydrogen-bond donors (Lipinski definition) is 1. The summed E-state index contributed by atoms with van der Waals surface area (Å²) >= 11 is 1.54. The van der Waals surface area contributed by atoms with Crippen LogP contribution in [0, 0.1) is 12.7 Å². The van der Waals surface area contributed by atoms with Gasteiger partial charge in [-0.3, -0.25) is 4.68 Å². The summed E-state index contributed by atoms with van der Waals surface area (Å²) in [6.07, 6.45) is 1.08. The first-order valence-corrected chi connectivity index (χ1v) is 7.39. The molecular formula is C15H14FN3OS. The third kappa shape index (κ3) is 3.17. The predicted octanol–water partition coefficient (Wildman–Crippen LogP) is 3.19. The Balaban J connectivity index is 1.73. The highest BCUT2D eigenvalue weighted by Crippen LogP contribution is 2.22. The van der Waals surface area contributed by atoms with E-state index in [0.717, 1.165) is 16.4 Å². The second-order valence-corrected chi connectivity index (χ2v) is 5.64. The van der Waals surface area contributed by atoms with Gasteiger partial charge in [0, 0.05) is 17.3 Å². The summed E-state index contributed by atoms with van der Waals surface area (Å²) in [5.41, 5.74) is 2.42. The molecule has 0 aliphatic carbocycles. The van der Waals surface area contributed by atoms with Crippen LogP contribution in [0.25, 0.3) is 10.7 Å². The summed E-state index contributed by atoms with van der Waals surface area (Å²) in [6, 6.07) is 7.70. The Morgan fingerprint density at radius 2 is 2.05 bits per heavy atom. The standard InChI is InChI=1S/C15H14FN3OS/c1-10-9-21-15(17-10)13-6-7-19(18-13)8-14(20)11-2-4-12(16)5-3-11/h2-7,9,14,20H,8H2,1H3/t14-/m0/s1. The van der Waals surface area contributed by atoms with Crippen molar-refractivity contribution in [2.75, 3.05) is 0 Å². The molecule has 21 heavy (non-hydrogen) atoms. The maximum atomic E-state index is 12.9. The summed E-state index contributed by atoms with van der Waals surface area (Å²) in [5, 5.41) is 17.4. The zero-order valence-electron chi connectivity index (χ0n) is 11.4. The molecule has 0 saturated heterocycles. The topological polar surface area (TPSA) is 50.9 Å². The second-order valence-electron chi connectivity index (χ2n) is 4.78. The first kappa shape index (κ1) is 13.9. The van der Waals surface area contributed by atoms with Crippen LogP contribution in [0.4, 0.5) is 4.39 Å². The van der Waals surface area contributed by atoms with E-state index in [1.807, 2.05) is 18.4 Å². The maximum absolute atomic E-state index is 12.9. The Kier molecular flexibility index (Phi) is 3.81. The number of nitrogens with zero attached hydrogens (tertiary/aromatic N) is 3. The third-order valence-electron chi connectivity index (χ3n) is 3.09. The van der Waals surface area contributed by atoms with Crippen molar-refractivity contribution in [2.24, 2.45) is 0 Å². The molecular weight excluding hydrogens is 289 g/mol. The second kappa shape index (κ2) is 5.75. The fourth-order valence-electron chi connectivity index (χ4n) is 2.02. The number of hydrogen-bond acceptors (Lipinski definition) is 4. The number of rotatable bonds is 4. The van der Waals surface area contributed by atoms with Crippen molar-refractivity contribution < 1.29 is 9.50 Å². The van der Waals surface area contributed by atoms with Crippen LogP contribution in [0.3, 0.4) is 0 Å². The lowest BCUT2D eigenvalue weighted by molar-refractivity contribution is 0.151. The fourth-order valence-corrected chi connectivity index (χ4v) is 2.78. The maximum Gasteiger partial charge on any atom is 0.143 e. The molecule has 3 rings (SSSR count). The summed E-state index contributed by atoms with van der Waals surface area (Å²) in [6.45, 7) is 2.26. The van der Waals surface area contributed by atoms with Gasteiger partial charge in [0.2, 0.25) is 0 Å². The molecule has 0 aliphatic heterocycles. The van der Waals surface area contributed by atoms with Gasteiger partial charge in [0.1, 0.15) is 16.5 Å². The Morgan fingerprint density at radius 3 is 2.71 bits per heavy atom. The molecule has 0 aliphatic rings. The van der Waals surface area contributed by atoms with E-state index in [9.17, 15) is 9.50 Å². The van der Waals surface area contributed by atoms with E-state index in [1.165, 1.54) is 12.1 Å². The van der Waals surface area contributed by atoms with E-state index in [2.05, 4.69) is 10.1 Å². The van der Waals surface area contributed by atoms with Gasteiger partial charge in [-0.05, 0) is 30.7 Å². The summed E-state index contributed by atoms with van der Waals surface area (Å²) in [4.78, 5) is 4.38. The van der Waals surface area contributed by atoms with Crippen LogP contribution in [0.2, 0.25) is 0 Å². The number of halogens is 1. The van der Waals surface area contributed by atoms with Crippen LogP contribution >= 0.6 is 11.3 Å². The Morgan fingerprint density at radius 1 is 1.29 bits per heavy atom. The molecule has 1 atom stereocenters. The molecule has 0 radical (unpaired) electrons. The van der Waals surface area contributed by atoms with Gasteiger partial charge < -0.3 is 5.11 Å².